The maximum Gasteiger partial charge on any atom is 0.325 e. The fourth-order valence-electron chi connectivity index (χ4n) is 1.81. The van der Waals surface area contributed by atoms with E-state index in [2.05, 4.69) is 9.44 Å². The maximum atomic E-state index is 11.1. The third-order valence-electron chi connectivity index (χ3n) is 2.81. The Kier molecular flexibility index (Phi) is 6.42. The van der Waals surface area contributed by atoms with Crippen molar-refractivity contribution < 1.29 is 17.4 Å². The summed E-state index contributed by atoms with van der Waals surface area (Å²) in [7, 11) is -2.00. The molecular formula is C15H21NO4S. The monoisotopic (exact) mass is 311 g/mol. The van der Waals surface area contributed by atoms with Crippen LogP contribution in [0.5, 0.6) is 5.75 Å². The minimum absolute atomic E-state index is 0.560. The molecule has 1 aromatic rings. The highest BCUT2D eigenvalue weighted by atomic mass is 32.2. The molecule has 0 heterocycles. The standard InChI is InChI=1S/C15H21NO4S/c1-5-7-8-12-11-13(19-3)9-10-14(12)15(6-2)16-20-21(4,17)18/h5,7,9-11H,6,8H2,1-4H3. The topological polar surface area (TPSA) is 65.0 Å². The quantitative estimate of drug-likeness (QED) is 0.441. The van der Waals surface area contributed by atoms with Crippen molar-refractivity contribution in [2.45, 2.75) is 26.7 Å². The highest BCUT2D eigenvalue weighted by molar-refractivity contribution is 7.85. The summed E-state index contributed by atoms with van der Waals surface area (Å²) in [4.78, 5) is 0. The first-order valence-corrected chi connectivity index (χ1v) is 8.46. The van der Waals surface area contributed by atoms with Crippen LogP contribution in [0.3, 0.4) is 0 Å². The van der Waals surface area contributed by atoms with E-state index >= 15 is 0 Å². The van der Waals surface area contributed by atoms with Crippen LogP contribution in [0.1, 0.15) is 31.4 Å². The van der Waals surface area contributed by atoms with Gasteiger partial charge in [-0.15, -0.1) is 0 Å². The number of hydrogen-bond donors (Lipinski definition) is 0. The van der Waals surface area contributed by atoms with Gasteiger partial charge in [0.2, 0.25) is 0 Å². The SMILES string of the molecule is CC=CCc1cc(OC)ccc1C(CC)=NOS(C)(=O)=O. The minimum atomic E-state index is -3.61. The summed E-state index contributed by atoms with van der Waals surface area (Å²) >= 11 is 0. The zero-order valence-corrected chi connectivity index (χ0v) is 13.6. The molecule has 0 bridgehead atoms. The van der Waals surface area contributed by atoms with Gasteiger partial charge in [0, 0.05) is 5.56 Å². The van der Waals surface area contributed by atoms with Crippen LogP contribution in [0.4, 0.5) is 0 Å². The Labute approximate surface area is 126 Å². The first-order chi connectivity index (χ1) is 9.91. The van der Waals surface area contributed by atoms with Crippen LogP contribution in [0.2, 0.25) is 0 Å². The van der Waals surface area contributed by atoms with E-state index in [0.717, 1.165) is 23.1 Å². The van der Waals surface area contributed by atoms with Crippen LogP contribution >= 0.6 is 0 Å². The fraction of sp³-hybridized carbons (Fsp3) is 0.400. The van der Waals surface area contributed by atoms with E-state index in [0.29, 0.717) is 18.6 Å². The lowest BCUT2D eigenvalue weighted by molar-refractivity contribution is 0.342. The van der Waals surface area contributed by atoms with Gasteiger partial charge in [0.1, 0.15) is 5.75 Å². The number of oxime groups is 1. The van der Waals surface area contributed by atoms with Crippen molar-refractivity contribution in [2.24, 2.45) is 5.16 Å². The van der Waals surface area contributed by atoms with Crippen molar-refractivity contribution in [3.63, 3.8) is 0 Å². The molecule has 21 heavy (non-hydrogen) atoms. The normalized spacial score (nSPS) is 12.7. The molecule has 0 saturated heterocycles. The Bertz CT molecular complexity index is 633. The van der Waals surface area contributed by atoms with E-state index in [1.165, 1.54) is 0 Å². The molecule has 0 spiro atoms. The molecular weight excluding hydrogens is 290 g/mol. The Morgan fingerprint density at radius 3 is 2.62 bits per heavy atom. The summed E-state index contributed by atoms with van der Waals surface area (Å²) < 4.78 is 31.9. The molecule has 6 heteroatoms. The summed E-state index contributed by atoms with van der Waals surface area (Å²) in [6.07, 6.45) is 6.21. The summed E-state index contributed by atoms with van der Waals surface area (Å²) in [5.74, 6) is 0.748. The van der Waals surface area contributed by atoms with Gasteiger partial charge in [-0.3, -0.25) is 4.28 Å². The number of nitrogens with zero attached hydrogens (tertiary/aromatic N) is 1. The van der Waals surface area contributed by atoms with Gasteiger partial charge in [-0.2, -0.15) is 8.42 Å². The molecule has 5 nitrogen and oxygen atoms in total. The Hall–Kier alpha value is -1.82. The van der Waals surface area contributed by atoms with E-state index in [1.54, 1.807) is 7.11 Å². The first kappa shape index (κ1) is 17.2. The van der Waals surface area contributed by atoms with Crippen LogP contribution in [0.15, 0.2) is 35.5 Å². The van der Waals surface area contributed by atoms with Gasteiger partial charge >= 0.3 is 10.1 Å². The zero-order chi connectivity index (χ0) is 15.9. The van der Waals surface area contributed by atoms with Gasteiger partial charge in [0.15, 0.2) is 0 Å². The van der Waals surface area contributed by atoms with Crippen LogP contribution in [0.25, 0.3) is 0 Å². The third-order valence-corrected chi connectivity index (χ3v) is 3.16. The molecule has 0 fully saturated rings. The number of methoxy groups -OCH3 is 1. The van der Waals surface area contributed by atoms with Crippen LogP contribution in [-0.4, -0.2) is 27.5 Å². The average molecular weight is 311 g/mol. The van der Waals surface area contributed by atoms with Crippen molar-refractivity contribution >= 4 is 15.8 Å². The van der Waals surface area contributed by atoms with Crippen molar-refractivity contribution in [3.05, 3.63) is 41.5 Å². The molecule has 116 valence electrons. The predicted octanol–water partition coefficient (Wildman–Crippen LogP) is 2.90. The smallest absolute Gasteiger partial charge is 0.325 e. The number of allylic oxidation sites excluding steroid dienone is 2. The molecule has 0 saturated carbocycles. The van der Waals surface area contributed by atoms with E-state index in [9.17, 15) is 8.42 Å². The second kappa shape index (κ2) is 7.83. The van der Waals surface area contributed by atoms with Crippen molar-refractivity contribution in [1.29, 1.82) is 0 Å². The summed E-state index contributed by atoms with van der Waals surface area (Å²) in [6.45, 7) is 3.84. The van der Waals surface area contributed by atoms with Crippen LogP contribution in [0, 0.1) is 0 Å². The minimum Gasteiger partial charge on any atom is -0.497 e. The van der Waals surface area contributed by atoms with Crippen LogP contribution in [-0.2, 0) is 20.8 Å². The first-order valence-electron chi connectivity index (χ1n) is 6.65. The molecule has 1 aromatic carbocycles. The largest absolute Gasteiger partial charge is 0.497 e. The fourth-order valence-corrected chi connectivity index (χ4v) is 2.03. The number of ether oxygens (including phenoxy) is 1. The molecule has 0 unspecified atom stereocenters. The summed E-state index contributed by atoms with van der Waals surface area (Å²) in [6, 6.07) is 5.60. The molecule has 1 rings (SSSR count). The number of rotatable bonds is 7. The molecule has 0 N–H and O–H groups in total. The second-order valence-corrected chi connectivity index (χ2v) is 6.02. The van der Waals surface area contributed by atoms with Gasteiger partial charge in [0.25, 0.3) is 0 Å². The Morgan fingerprint density at radius 2 is 2.10 bits per heavy atom. The lowest BCUT2D eigenvalue weighted by Gasteiger charge is -2.11. The summed E-state index contributed by atoms with van der Waals surface area (Å²) in [5, 5.41) is 3.77. The highest BCUT2D eigenvalue weighted by Gasteiger charge is 2.11. The van der Waals surface area contributed by atoms with Gasteiger partial charge in [-0.1, -0.05) is 24.2 Å². The number of hydrogen-bond acceptors (Lipinski definition) is 5. The highest BCUT2D eigenvalue weighted by Crippen LogP contribution is 2.21. The van der Waals surface area contributed by atoms with Crippen molar-refractivity contribution in [3.8, 4) is 5.75 Å². The maximum absolute atomic E-state index is 11.1. The molecule has 0 aliphatic rings. The molecule has 0 aromatic heterocycles. The average Bonchev–Trinajstić information content (AvgIpc) is 2.45. The van der Waals surface area contributed by atoms with Gasteiger partial charge in [-0.25, -0.2) is 0 Å². The second-order valence-electron chi connectivity index (χ2n) is 4.47. The Balaban J connectivity index is 3.24. The summed E-state index contributed by atoms with van der Waals surface area (Å²) in [5.41, 5.74) is 2.45. The predicted molar refractivity (Wildman–Crippen MR) is 84.3 cm³/mol. The van der Waals surface area contributed by atoms with E-state index in [-0.39, 0.29) is 0 Å². The Morgan fingerprint density at radius 1 is 1.38 bits per heavy atom. The molecule has 0 amide bonds. The zero-order valence-electron chi connectivity index (χ0n) is 12.8. The van der Waals surface area contributed by atoms with Crippen LogP contribution < -0.4 is 4.74 Å². The molecule has 0 aliphatic heterocycles. The van der Waals surface area contributed by atoms with Gasteiger partial charge < -0.3 is 4.74 Å². The molecule has 0 radical (unpaired) electrons. The van der Waals surface area contributed by atoms with Gasteiger partial charge in [0.05, 0.1) is 19.1 Å². The molecule has 0 aliphatic carbocycles. The number of benzene rings is 1. The van der Waals surface area contributed by atoms with Crippen molar-refractivity contribution in [1.82, 2.24) is 0 Å². The lowest BCUT2D eigenvalue weighted by Crippen LogP contribution is -2.07. The third kappa shape index (κ3) is 5.59. The van der Waals surface area contributed by atoms with E-state index in [1.807, 2.05) is 44.2 Å². The van der Waals surface area contributed by atoms with Gasteiger partial charge in [-0.05, 0) is 43.5 Å². The van der Waals surface area contributed by atoms with E-state index < -0.39 is 10.1 Å². The molecule has 0 atom stereocenters. The lowest BCUT2D eigenvalue weighted by atomic mass is 9.98. The van der Waals surface area contributed by atoms with Crippen molar-refractivity contribution in [2.75, 3.05) is 13.4 Å². The van der Waals surface area contributed by atoms with E-state index in [4.69, 9.17) is 4.74 Å².